The molecule has 6 nitrogen and oxygen atoms in total. The molecule has 90 valence electrons. The van der Waals surface area contributed by atoms with E-state index in [2.05, 4.69) is 15.6 Å². The molecule has 0 aromatic carbocycles. The van der Waals surface area contributed by atoms with Crippen LogP contribution in [-0.4, -0.2) is 33.5 Å². The third-order valence-corrected chi connectivity index (χ3v) is 2.27. The number of aromatic nitrogens is 3. The number of nitrogens with one attached hydrogen (secondary N) is 1. The molecule has 0 aliphatic carbocycles. The van der Waals surface area contributed by atoms with E-state index < -0.39 is 0 Å². The van der Waals surface area contributed by atoms with Crippen molar-refractivity contribution in [2.45, 2.75) is 38.8 Å². The van der Waals surface area contributed by atoms with Crippen LogP contribution in [-0.2, 0) is 11.3 Å². The summed E-state index contributed by atoms with van der Waals surface area (Å²) < 4.78 is 1.73. The van der Waals surface area contributed by atoms with Crippen molar-refractivity contribution in [1.29, 1.82) is 0 Å². The van der Waals surface area contributed by atoms with E-state index in [1.807, 2.05) is 6.92 Å². The van der Waals surface area contributed by atoms with E-state index in [0.29, 0.717) is 6.54 Å². The average Bonchev–Trinajstić information content (AvgIpc) is 2.77. The Morgan fingerprint density at radius 3 is 3.06 bits per heavy atom. The maximum absolute atomic E-state index is 11.4. The van der Waals surface area contributed by atoms with E-state index in [4.69, 9.17) is 5.73 Å². The summed E-state index contributed by atoms with van der Waals surface area (Å²) in [5.41, 5.74) is 5.66. The minimum atomic E-state index is -0.378. The molecule has 0 saturated heterocycles. The van der Waals surface area contributed by atoms with Gasteiger partial charge < -0.3 is 11.1 Å². The molecule has 1 heterocycles. The number of hydrogen-bond acceptors (Lipinski definition) is 4. The summed E-state index contributed by atoms with van der Waals surface area (Å²) in [5, 5.41) is 10.3. The van der Waals surface area contributed by atoms with Gasteiger partial charge in [0.15, 0.2) is 0 Å². The predicted octanol–water partition coefficient (Wildman–Crippen LogP) is -0.0882. The third kappa shape index (κ3) is 4.39. The van der Waals surface area contributed by atoms with E-state index in [9.17, 15) is 4.79 Å². The van der Waals surface area contributed by atoms with Gasteiger partial charge >= 0.3 is 0 Å². The molecule has 0 bridgehead atoms. The van der Waals surface area contributed by atoms with Crippen LogP contribution in [0.1, 0.15) is 26.2 Å². The lowest BCUT2D eigenvalue weighted by Gasteiger charge is -2.10. The molecular formula is C10H19N5O. The molecular weight excluding hydrogens is 206 g/mol. The van der Waals surface area contributed by atoms with Crippen molar-refractivity contribution >= 4 is 5.91 Å². The zero-order chi connectivity index (χ0) is 11.8. The van der Waals surface area contributed by atoms with Crippen LogP contribution in [0, 0.1) is 0 Å². The van der Waals surface area contributed by atoms with E-state index >= 15 is 0 Å². The predicted molar refractivity (Wildman–Crippen MR) is 60.5 cm³/mol. The van der Waals surface area contributed by atoms with Crippen molar-refractivity contribution in [2.75, 3.05) is 6.54 Å². The first-order chi connectivity index (χ1) is 7.74. The van der Waals surface area contributed by atoms with Crippen molar-refractivity contribution in [2.24, 2.45) is 5.73 Å². The van der Waals surface area contributed by atoms with Crippen LogP contribution in [0.4, 0.5) is 0 Å². The van der Waals surface area contributed by atoms with Crippen LogP contribution in [0.25, 0.3) is 0 Å². The Balaban J connectivity index is 2.08. The molecule has 0 saturated carbocycles. The van der Waals surface area contributed by atoms with Crippen LogP contribution < -0.4 is 11.1 Å². The Hall–Kier alpha value is -1.43. The lowest BCUT2D eigenvalue weighted by molar-refractivity contribution is -0.122. The molecule has 3 N–H and O–H groups in total. The Kier molecular flexibility index (Phi) is 5.49. The maximum atomic E-state index is 11.4. The lowest BCUT2D eigenvalue weighted by atomic mass is 10.2. The third-order valence-electron chi connectivity index (χ3n) is 2.27. The van der Waals surface area contributed by atoms with Gasteiger partial charge in [0.05, 0.1) is 12.2 Å². The Morgan fingerprint density at radius 1 is 1.62 bits per heavy atom. The van der Waals surface area contributed by atoms with Gasteiger partial charge in [-0.3, -0.25) is 9.48 Å². The molecule has 1 amide bonds. The largest absolute Gasteiger partial charge is 0.355 e. The average molecular weight is 225 g/mol. The monoisotopic (exact) mass is 225 g/mol. The smallest absolute Gasteiger partial charge is 0.236 e. The molecule has 1 atom stereocenters. The van der Waals surface area contributed by atoms with Gasteiger partial charge in [-0.2, -0.15) is 0 Å². The summed E-state index contributed by atoms with van der Waals surface area (Å²) in [5.74, 6) is -0.0690. The highest BCUT2D eigenvalue weighted by Crippen LogP contribution is 1.93. The molecule has 0 unspecified atom stereocenters. The first kappa shape index (κ1) is 12.6. The Labute approximate surface area is 95.2 Å². The van der Waals surface area contributed by atoms with Crippen molar-refractivity contribution in [3.63, 3.8) is 0 Å². The van der Waals surface area contributed by atoms with Crippen molar-refractivity contribution in [1.82, 2.24) is 20.3 Å². The van der Waals surface area contributed by atoms with E-state index in [0.717, 1.165) is 25.8 Å². The number of rotatable bonds is 7. The molecule has 1 aromatic rings. The normalized spacial score (nSPS) is 12.4. The van der Waals surface area contributed by atoms with Gasteiger partial charge in [0.1, 0.15) is 0 Å². The van der Waals surface area contributed by atoms with Crippen LogP contribution in [0.15, 0.2) is 12.4 Å². The summed E-state index contributed by atoms with van der Waals surface area (Å²) in [6.45, 7) is 3.39. The molecule has 6 heteroatoms. The standard InChI is InChI=1S/C10H19N5O/c1-2-4-9(11)10(16)12-5-3-7-15-8-6-13-14-15/h6,8-9H,2-5,7,11H2,1H3,(H,12,16)/t9-/m0/s1. The topological polar surface area (TPSA) is 85.8 Å². The van der Waals surface area contributed by atoms with E-state index in [1.165, 1.54) is 0 Å². The minimum Gasteiger partial charge on any atom is -0.355 e. The fourth-order valence-electron chi connectivity index (χ4n) is 1.38. The SMILES string of the molecule is CCC[C@H](N)C(=O)NCCCn1ccnn1. The second-order valence-corrected chi connectivity index (χ2v) is 3.71. The van der Waals surface area contributed by atoms with Crippen molar-refractivity contribution in [3.8, 4) is 0 Å². The van der Waals surface area contributed by atoms with Gasteiger partial charge in [-0.1, -0.05) is 18.6 Å². The van der Waals surface area contributed by atoms with E-state index in [-0.39, 0.29) is 11.9 Å². The first-order valence-electron chi connectivity index (χ1n) is 5.61. The number of carbonyl (C=O) groups excluding carboxylic acids is 1. The summed E-state index contributed by atoms with van der Waals surface area (Å²) in [6.07, 6.45) is 5.91. The summed E-state index contributed by atoms with van der Waals surface area (Å²) in [7, 11) is 0. The van der Waals surface area contributed by atoms with Gasteiger partial charge in [0.25, 0.3) is 0 Å². The molecule has 0 aliphatic heterocycles. The quantitative estimate of drug-likeness (QED) is 0.635. The zero-order valence-electron chi connectivity index (χ0n) is 9.59. The molecule has 1 rings (SSSR count). The summed E-state index contributed by atoms with van der Waals surface area (Å²) >= 11 is 0. The fourth-order valence-corrected chi connectivity index (χ4v) is 1.38. The molecule has 16 heavy (non-hydrogen) atoms. The van der Waals surface area contributed by atoms with Crippen LogP contribution in [0.5, 0.6) is 0 Å². The second kappa shape index (κ2) is 6.95. The van der Waals surface area contributed by atoms with Gasteiger partial charge in [-0.05, 0) is 12.8 Å². The summed E-state index contributed by atoms with van der Waals surface area (Å²) in [4.78, 5) is 11.4. The molecule has 0 aliphatic rings. The number of nitrogens with two attached hydrogens (primary N) is 1. The number of hydrogen-bond donors (Lipinski definition) is 2. The van der Waals surface area contributed by atoms with Crippen LogP contribution in [0.3, 0.4) is 0 Å². The number of nitrogens with zero attached hydrogens (tertiary/aromatic N) is 3. The van der Waals surface area contributed by atoms with Crippen LogP contribution >= 0.6 is 0 Å². The molecule has 0 fully saturated rings. The lowest BCUT2D eigenvalue weighted by Crippen LogP contribution is -2.40. The zero-order valence-corrected chi connectivity index (χ0v) is 9.59. The van der Waals surface area contributed by atoms with Gasteiger partial charge in [-0.25, -0.2) is 0 Å². The van der Waals surface area contributed by atoms with Gasteiger partial charge in [0, 0.05) is 19.3 Å². The second-order valence-electron chi connectivity index (χ2n) is 3.71. The highest BCUT2D eigenvalue weighted by Gasteiger charge is 2.10. The summed E-state index contributed by atoms with van der Waals surface area (Å²) in [6, 6.07) is -0.378. The van der Waals surface area contributed by atoms with Crippen molar-refractivity contribution < 1.29 is 4.79 Å². The first-order valence-corrected chi connectivity index (χ1v) is 5.61. The molecule has 0 spiro atoms. The van der Waals surface area contributed by atoms with Gasteiger partial charge in [0.2, 0.25) is 5.91 Å². The molecule has 1 aromatic heterocycles. The number of carbonyl (C=O) groups is 1. The molecule has 0 radical (unpaired) electrons. The maximum Gasteiger partial charge on any atom is 0.236 e. The highest BCUT2D eigenvalue weighted by molar-refractivity contribution is 5.81. The number of amides is 1. The van der Waals surface area contributed by atoms with Crippen molar-refractivity contribution in [3.05, 3.63) is 12.4 Å². The fraction of sp³-hybridized carbons (Fsp3) is 0.700. The Bertz CT molecular complexity index is 298. The number of aryl methyl sites for hydroxylation is 1. The van der Waals surface area contributed by atoms with Crippen LogP contribution in [0.2, 0.25) is 0 Å². The Morgan fingerprint density at radius 2 is 2.44 bits per heavy atom. The minimum absolute atomic E-state index is 0.0690. The van der Waals surface area contributed by atoms with Gasteiger partial charge in [-0.15, -0.1) is 5.10 Å². The highest BCUT2D eigenvalue weighted by atomic mass is 16.2. The van der Waals surface area contributed by atoms with E-state index in [1.54, 1.807) is 17.1 Å².